The van der Waals surface area contributed by atoms with Crippen LogP contribution in [0, 0.1) is 0 Å². The second kappa shape index (κ2) is 11.2. The fourth-order valence-corrected chi connectivity index (χ4v) is 3.65. The summed E-state index contributed by atoms with van der Waals surface area (Å²) in [5.41, 5.74) is 1.71. The molecular formula is C28H26N2O6. The lowest BCUT2D eigenvalue weighted by atomic mass is 10.1. The van der Waals surface area contributed by atoms with Gasteiger partial charge in [0.2, 0.25) is 0 Å². The monoisotopic (exact) mass is 486 g/mol. The molecule has 0 bridgehead atoms. The van der Waals surface area contributed by atoms with Crippen LogP contribution in [-0.2, 0) is 16.2 Å². The van der Waals surface area contributed by atoms with E-state index in [-0.39, 0.29) is 5.57 Å². The van der Waals surface area contributed by atoms with Crippen LogP contribution in [0.5, 0.6) is 17.2 Å². The van der Waals surface area contributed by atoms with E-state index in [9.17, 15) is 14.4 Å². The zero-order valence-electron chi connectivity index (χ0n) is 20.0. The van der Waals surface area contributed by atoms with E-state index >= 15 is 0 Å². The van der Waals surface area contributed by atoms with Gasteiger partial charge in [-0.25, -0.2) is 9.69 Å². The molecule has 0 aliphatic carbocycles. The number of anilines is 1. The van der Waals surface area contributed by atoms with Gasteiger partial charge in [0, 0.05) is 0 Å². The molecule has 1 aliphatic heterocycles. The molecule has 0 radical (unpaired) electrons. The fraction of sp³-hybridized carbons (Fsp3) is 0.179. The van der Waals surface area contributed by atoms with Gasteiger partial charge in [0.05, 0.1) is 18.9 Å². The molecule has 8 heteroatoms. The number of imide groups is 2. The van der Waals surface area contributed by atoms with Crippen molar-refractivity contribution < 1.29 is 28.6 Å². The number of carbonyl (C=O) groups is 3. The first kappa shape index (κ1) is 24.5. The summed E-state index contributed by atoms with van der Waals surface area (Å²) in [6.45, 7) is 4.99. The Bertz CT molecular complexity index is 1290. The minimum Gasteiger partial charge on any atom is -0.490 e. The number of hydrogen-bond donors (Lipinski definition) is 1. The van der Waals surface area contributed by atoms with Gasteiger partial charge in [0.1, 0.15) is 17.9 Å². The number of barbiturate groups is 1. The first-order chi connectivity index (χ1) is 17.5. The molecule has 0 atom stereocenters. The molecule has 0 aromatic heterocycles. The highest BCUT2D eigenvalue weighted by molar-refractivity contribution is 6.39. The first-order valence-electron chi connectivity index (χ1n) is 11.6. The van der Waals surface area contributed by atoms with Crippen molar-refractivity contribution in [2.75, 3.05) is 18.1 Å². The van der Waals surface area contributed by atoms with Crippen molar-refractivity contribution in [3.05, 3.63) is 89.5 Å². The van der Waals surface area contributed by atoms with Crippen LogP contribution >= 0.6 is 0 Å². The molecule has 0 unspecified atom stereocenters. The number of urea groups is 1. The number of rotatable bonds is 9. The minimum absolute atomic E-state index is 0.175. The lowest BCUT2D eigenvalue weighted by molar-refractivity contribution is -0.122. The zero-order valence-corrected chi connectivity index (χ0v) is 20.0. The average Bonchev–Trinajstić information content (AvgIpc) is 2.88. The highest BCUT2D eigenvalue weighted by atomic mass is 16.5. The highest BCUT2D eigenvalue weighted by Gasteiger charge is 2.36. The normalized spacial score (nSPS) is 14.6. The molecule has 184 valence electrons. The van der Waals surface area contributed by atoms with Crippen LogP contribution in [0.15, 0.2) is 78.4 Å². The number of hydrogen-bond acceptors (Lipinski definition) is 6. The fourth-order valence-electron chi connectivity index (χ4n) is 3.65. The summed E-state index contributed by atoms with van der Waals surface area (Å²) in [6, 6.07) is 20.5. The van der Waals surface area contributed by atoms with Crippen molar-refractivity contribution >= 4 is 29.6 Å². The predicted octanol–water partition coefficient (Wildman–Crippen LogP) is 4.73. The van der Waals surface area contributed by atoms with Gasteiger partial charge in [0.25, 0.3) is 11.8 Å². The van der Waals surface area contributed by atoms with E-state index in [2.05, 4.69) is 5.32 Å². The minimum atomic E-state index is -0.818. The Hall–Kier alpha value is -4.59. The third kappa shape index (κ3) is 5.55. The second-order valence-electron chi connectivity index (χ2n) is 7.80. The number of benzene rings is 3. The topological polar surface area (TPSA) is 94.2 Å². The second-order valence-corrected chi connectivity index (χ2v) is 7.80. The molecule has 1 aliphatic rings. The van der Waals surface area contributed by atoms with Crippen LogP contribution in [0.1, 0.15) is 25.0 Å². The predicted molar refractivity (Wildman–Crippen MR) is 135 cm³/mol. The van der Waals surface area contributed by atoms with E-state index in [4.69, 9.17) is 14.2 Å². The summed E-state index contributed by atoms with van der Waals surface area (Å²) < 4.78 is 17.0. The maximum Gasteiger partial charge on any atom is 0.335 e. The first-order valence-corrected chi connectivity index (χ1v) is 11.6. The Balaban J connectivity index is 1.55. The Labute approximate surface area is 209 Å². The maximum atomic E-state index is 13.2. The maximum absolute atomic E-state index is 13.2. The third-order valence-electron chi connectivity index (χ3n) is 5.32. The molecule has 1 fully saturated rings. The Morgan fingerprint density at radius 3 is 2.19 bits per heavy atom. The summed E-state index contributed by atoms with van der Waals surface area (Å²) in [4.78, 5) is 39.2. The number of carbonyl (C=O) groups excluding carboxylic acids is 3. The van der Waals surface area contributed by atoms with Gasteiger partial charge in [-0.15, -0.1) is 0 Å². The SMILES string of the molecule is CCOc1ccc(/C=C2\C(=O)NC(=O)N(c3ccc(OCc4ccccc4)cc3)C2=O)cc1OCC. The van der Waals surface area contributed by atoms with Gasteiger partial charge in [-0.1, -0.05) is 36.4 Å². The Kier molecular flexibility index (Phi) is 7.65. The lowest BCUT2D eigenvalue weighted by Crippen LogP contribution is -2.54. The molecule has 0 saturated carbocycles. The molecule has 4 amide bonds. The molecular weight excluding hydrogens is 460 g/mol. The van der Waals surface area contributed by atoms with E-state index < -0.39 is 17.8 Å². The molecule has 3 aromatic rings. The van der Waals surface area contributed by atoms with Crippen LogP contribution in [0.25, 0.3) is 6.08 Å². The van der Waals surface area contributed by atoms with E-state index in [1.165, 1.54) is 6.08 Å². The number of amides is 4. The van der Waals surface area contributed by atoms with Crippen molar-refractivity contribution in [2.45, 2.75) is 20.5 Å². The van der Waals surface area contributed by atoms with Crippen molar-refractivity contribution in [2.24, 2.45) is 0 Å². The Morgan fingerprint density at radius 1 is 0.806 bits per heavy atom. The quantitative estimate of drug-likeness (QED) is 0.347. The van der Waals surface area contributed by atoms with E-state index in [1.807, 2.05) is 44.2 Å². The van der Waals surface area contributed by atoms with E-state index in [0.29, 0.717) is 48.3 Å². The van der Waals surface area contributed by atoms with Gasteiger partial charge >= 0.3 is 6.03 Å². The summed E-state index contributed by atoms with van der Waals surface area (Å²) in [6.07, 6.45) is 1.42. The zero-order chi connectivity index (χ0) is 25.5. The van der Waals surface area contributed by atoms with Crippen molar-refractivity contribution in [1.29, 1.82) is 0 Å². The van der Waals surface area contributed by atoms with Crippen molar-refractivity contribution in [1.82, 2.24) is 5.32 Å². The van der Waals surface area contributed by atoms with Crippen LogP contribution in [-0.4, -0.2) is 31.1 Å². The van der Waals surface area contributed by atoms with Crippen LogP contribution < -0.4 is 24.4 Å². The van der Waals surface area contributed by atoms with E-state index in [0.717, 1.165) is 10.5 Å². The number of nitrogens with zero attached hydrogens (tertiary/aromatic N) is 1. The van der Waals surface area contributed by atoms with E-state index in [1.54, 1.807) is 42.5 Å². The van der Waals surface area contributed by atoms with Crippen molar-refractivity contribution in [3.63, 3.8) is 0 Å². The summed E-state index contributed by atoms with van der Waals surface area (Å²) in [7, 11) is 0. The summed E-state index contributed by atoms with van der Waals surface area (Å²) in [5, 5.41) is 2.23. The Morgan fingerprint density at radius 2 is 1.50 bits per heavy atom. The number of nitrogens with one attached hydrogen (secondary N) is 1. The number of ether oxygens (including phenoxy) is 3. The molecule has 1 heterocycles. The molecule has 3 aromatic carbocycles. The summed E-state index contributed by atoms with van der Waals surface area (Å²) >= 11 is 0. The largest absolute Gasteiger partial charge is 0.490 e. The smallest absolute Gasteiger partial charge is 0.335 e. The molecule has 1 saturated heterocycles. The van der Waals surface area contributed by atoms with Gasteiger partial charge in [-0.05, 0) is 67.4 Å². The van der Waals surface area contributed by atoms with Gasteiger partial charge in [-0.3, -0.25) is 14.9 Å². The molecule has 4 rings (SSSR count). The van der Waals surface area contributed by atoms with Gasteiger partial charge in [-0.2, -0.15) is 0 Å². The van der Waals surface area contributed by atoms with Crippen molar-refractivity contribution in [3.8, 4) is 17.2 Å². The lowest BCUT2D eigenvalue weighted by Gasteiger charge is -2.26. The molecule has 36 heavy (non-hydrogen) atoms. The average molecular weight is 487 g/mol. The highest BCUT2D eigenvalue weighted by Crippen LogP contribution is 2.30. The molecule has 1 N–H and O–H groups in total. The van der Waals surface area contributed by atoms with Crippen LogP contribution in [0.4, 0.5) is 10.5 Å². The standard InChI is InChI=1S/C28H26N2O6/c1-3-34-24-15-10-20(17-25(24)35-4-2)16-23-26(31)29-28(33)30(27(23)32)21-11-13-22(14-12-21)36-18-19-8-6-5-7-9-19/h5-17H,3-4,18H2,1-2H3,(H,29,31,33)/b23-16+. The van der Waals surface area contributed by atoms with Crippen LogP contribution in [0.2, 0.25) is 0 Å². The summed E-state index contributed by atoms with van der Waals surface area (Å²) in [5.74, 6) is 0.144. The molecule has 8 nitrogen and oxygen atoms in total. The van der Waals surface area contributed by atoms with Crippen LogP contribution in [0.3, 0.4) is 0 Å². The van der Waals surface area contributed by atoms with Gasteiger partial charge in [0.15, 0.2) is 11.5 Å². The molecule has 0 spiro atoms. The third-order valence-corrected chi connectivity index (χ3v) is 5.32. The van der Waals surface area contributed by atoms with Gasteiger partial charge < -0.3 is 14.2 Å².